The minimum absolute atomic E-state index is 0.138. The van der Waals surface area contributed by atoms with Crippen molar-refractivity contribution in [1.82, 2.24) is 15.1 Å². The topological polar surface area (TPSA) is 49.8 Å². The molecule has 17 heavy (non-hydrogen) atoms. The lowest BCUT2D eigenvalue weighted by atomic mass is 9.83. The van der Waals surface area contributed by atoms with Crippen molar-refractivity contribution in [3.8, 4) is 0 Å². The van der Waals surface area contributed by atoms with Gasteiger partial charge in [0.05, 0.1) is 6.54 Å². The zero-order chi connectivity index (χ0) is 11.7. The van der Waals surface area contributed by atoms with Crippen LogP contribution < -0.4 is 10.9 Å². The molecule has 1 aromatic rings. The van der Waals surface area contributed by atoms with Gasteiger partial charge in [0.2, 0.25) is 0 Å². The molecule has 1 aliphatic heterocycles. The van der Waals surface area contributed by atoms with E-state index in [1.54, 1.807) is 10.7 Å². The summed E-state index contributed by atoms with van der Waals surface area (Å²) in [5, 5.41) is 6.78. The first-order chi connectivity index (χ1) is 8.33. The molecule has 0 aromatic carbocycles. The van der Waals surface area contributed by atoms with Crippen LogP contribution in [-0.2, 0) is 6.54 Å². The van der Waals surface area contributed by atoms with E-state index in [9.17, 15) is 4.79 Å². The molecule has 0 amide bonds. The van der Waals surface area contributed by atoms with Crippen molar-refractivity contribution in [3.63, 3.8) is 0 Å². The average Bonchev–Trinajstić information content (AvgIpc) is 2.59. The fourth-order valence-electron chi connectivity index (χ4n) is 2.82. The molecular weight excluding hydrogens is 214 g/mol. The predicted octanol–water partition coefficient (Wildman–Crippen LogP) is 1.59. The van der Waals surface area contributed by atoms with Crippen molar-refractivity contribution in [2.75, 3.05) is 6.54 Å². The van der Waals surface area contributed by atoms with Crippen molar-refractivity contribution in [1.29, 1.82) is 0 Å². The first kappa shape index (κ1) is 11.1. The summed E-state index contributed by atoms with van der Waals surface area (Å²) >= 11 is 0. The van der Waals surface area contributed by atoms with Crippen molar-refractivity contribution < 1.29 is 0 Å². The van der Waals surface area contributed by atoms with Gasteiger partial charge in [0, 0.05) is 23.7 Å². The van der Waals surface area contributed by atoms with E-state index in [4.69, 9.17) is 0 Å². The van der Waals surface area contributed by atoms with Crippen LogP contribution in [0.15, 0.2) is 10.9 Å². The highest BCUT2D eigenvalue weighted by atomic mass is 16.1. The van der Waals surface area contributed by atoms with E-state index in [1.165, 1.54) is 38.5 Å². The largest absolute Gasteiger partial charge is 0.312 e. The molecular formula is C13H21N3O. The zero-order valence-electron chi connectivity index (χ0n) is 10.2. The van der Waals surface area contributed by atoms with Crippen LogP contribution in [-0.4, -0.2) is 22.4 Å². The molecule has 1 atom stereocenters. The van der Waals surface area contributed by atoms with Crippen LogP contribution in [0.4, 0.5) is 0 Å². The Morgan fingerprint density at radius 1 is 1.24 bits per heavy atom. The van der Waals surface area contributed by atoms with Gasteiger partial charge in [-0.1, -0.05) is 12.8 Å². The number of nitrogens with zero attached hydrogens (tertiary/aromatic N) is 1. The maximum Gasteiger partial charge on any atom is 0.266 e. The lowest BCUT2D eigenvalue weighted by molar-refractivity contribution is 0.343. The maximum absolute atomic E-state index is 11.9. The summed E-state index contributed by atoms with van der Waals surface area (Å²) in [5.41, 5.74) is 1.29. The second-order valence-electron chi connectivity index (χ2n) is 5.43. The van der Waals surface area contributed by atoms with E-state index >= 15 is 0 Å². The predicted molar refractivity (Wildman–Crippen MR) is 67.3 cm³/mol. The number of aromatic nitrogens is 2. The third kappa shape index (κ3) is 2.32. The van der Waals surface area contributed by atoms with Crippen LogP contribution in [0.1, 0.15) is 50.1 Å². The maximum atomic E-state index is 11.9. The first-order valence-electron chi connectivity index (χ1n) is 6.86. The monoisotopic (exact) mass is 235 g/mol. The second kappa shape index (κ2) is 4.69. The standard InChI is InChI=1S/C13H21N3O/c17-13-8-12(10-4-3-5-10)15-16(13)9-11-6-1-2-7-14-11/h8,10-11,14-15H,1-7,9H2. The third-order valence-corrected chi connectivity index (χ3v) is 4.17. The molecule has 3 rings (SSSR count). The quantitative estimate of drug-likeness (QED) is 0.836. The van der Waals surface area contributed by atoms with E-state index in [0.29, 0.717) is 12.0 Å². The third-order valence-electron chi connectivity index (χ3n) is 4.17. The van der Waals surface area contributed by atoms with Crippen molar-refractivity contribution in [3.05, 3.63) is 22.1 Å². The second-order valence-corrected chi connectivity index (χ2v) is 5.43. The van der Waals surface area contributed by atoms with Crippen molar-refractivity contribution in [2.45, 2.75) is 57.0 Å². The number of hydrogen-bond donors (Lipinski definition) is 2. The SMILES string of the molecule is O=c1cc(C2CCC2)[nH]n1CC1CCCCN1. The van der Waals surface area contributed by atoms with Crippen LogP contribution in [0.5, 0.6) is 0 Å². The number of piperidine rings is 1. The summed E-state index contributed by atoms with van der Waals surface area (Å²) < 4.78 is 1.79. The summed E-state index contributed by atoms with van der Waals surface area (Å²) in [6, 6.07) is 2.27. The Hall–Kier alpha value is -1.03. The Labute approximate surface area is 101 Å². The van der Waals surface area contributed by atoms with Crippen molar-refractivity contribution in [2.24, 2.45) is 0 Å². The Bertz CT molecular complexity index is 424. The Kier molecular flexibility index (Phi) is 3.05. The molecule has 1 aromatic heterocycles. The lowest BCUT2D eigenvalue weighted by Gasteiger charge is -2.25. The van der Waals surface area contributed by atoms with Gasteiger partial charge in [-0.15, -0.1) is 0 Å². The van der Waals surface area contributed by atoms with Gasteiger partial charge < -0.3 is 5.32 Å². The molecule has 4 nitrogen and oxygen atoms in total. The van der Waals surface area contributed by atoms with E-state index in [0.717, 1.165) is 18.8 Å². The smallest absolute Gasteiger partial charge is 0.266 e. The summed E-state index contributed by atoms with van der Waals surface area (Å²) in [6.07, 6.45) is 7.52. The molecule has 0 radical (unpaired) electrons. The molecule has 94 valence electrons. The van der Waals surface area contributed by atoms with Gasteiger partial charge in [0.25, 0.3) is 5.56 Å². The van der Waals surface area contributed by atoms with Crippen LogP contribution in [0, 0.1) is 0 Å². The Balaban J connectivity index is 1.69. The summed E-state index contributed by atoms with van der Waals surface area (Å²) in [5.74, 6) is 0.614. The molecule has 4 heteroatoms. The number of aromatic amines is 1. The molecule has 1 unspecified atom stereocenters. The summed E-state index contributed by atoms with van der Waals surface area (Å²) in [6.45, 7) is 1.89. The molecule has 0 bridgehead atoms. The fourth-order valence-corrected chi connectivity index (χ4v) is 2.82. The minimum Gasteiger partial charge on any atom is -0.312 e. The highest BCUT2D eigenvalue weighted by Gasteiger charge is 2.22. The van der Waals surface area contributed by atoms with Gasteiger partial charge in [0.1, 0.15) is 0 Å². The van der Waals surface area contributed by atoms with Gasteiger partial charge in [-0.2, -0.15) is 0 Å². The minimum atomic E-state index is 0.138. The van der Waals surface area contributed by atoms with Gasteiger partial charge in [-0.3, -0.25) is 14.6 Å². The molecule has 0 spiro atoms. The average molecular weight is 235 g/mol. The number of rotatable bonds is 3. The van der Waals surface area contributed by atoms with Gasteiger partial charge in [-0.05, 0) is 32.2 Å². The van der Waals surface area contributed by atoms with Crippen molar-refractivity contribution >= 4 is 0 Å². The highest BCUT2D eigenvalue weighted by Crippen LogP contribution is 2.34. The van der Waals surface area contributed by atoms with E-state index in [1.807, 2.05) is 0 Å². The molecule has 1 saturated heterocycles. The summed E-state index contributed by atoms with van der Waals surface area (Å²) in [4.78, 5) is 11.9. The Morgan fingerprint density at radius 3 is 2.76 bits per heavy atom. The number of hydrogen-bond acceptors (Lipinski definition) is 2. The van der Waals surface area contributed by atoms with Crippen LogP contribution >= 0.6 is 0 Å². The number of nitrogens with one attached hydrogen (secondary N) is 2. The normalized spacial score (nSPS) is 25.8. The fraction of sp³-hybridized carbons (Fsp3) is 0.769. The van der Waals surface area contributed by atoms with E-state index in [2.05, 4.69) is 10.4 Å². The molecule has 1 aliphatic carbocycles. The van der Waals surface area contributed by atoms with Crippen LogP contribution in [0.25, 0.3) is 0 Å². The lowest BCUT2D eigenvalue weighted by Crippen LogP contribution is -2.39. The van der Waals surface area contributed by atoms with Gasteiger partial charge in [0.15, 0.2) is 0 Å². The first-order valence-corrected chi connectivity index (χ1v) is 6.86. The molecule has 2 aliphatic rings. The van der Waals surface area contributed by atoms with E-state index in [-0.39, 0.29) is 5.56 Å². The van der Waals surface area contributed by atoms with E-state index < -0.39 is 0 Å². The molecule has 1 saturated carbocycles. The molecule has 2 heterocycles. The zero-order valence-corrected chi connectivity index (χ0v) is 10.2. The number of H-pyrrole nitrogens is 1. The van der Waals surface area contributed by atoms with Crippen LogP contribution in [0.3, 0.4) is 0 Å². The molecule has 2 fully saturated rings. The molecule has 2 N–H and O–H groups in total. The van der Waals surface area contributed by atoms with Gasteiger partial charge >= 0.3 is 0 Å². The Morgan fingerprint density at radius 2 is 2.12 bits per heavy atom. The van der Waals surface area contributed by atoms with Crippen LogP contribution in [0.2, 0.25) is 0 Å². The van der Waals surface area contributed by atoms with Gasteiger partial charge in [-0.25, -0.2) is 0 Å². The summed E-state index contributed by atoms with van der Waals surface area (Å²) in [7, 11) is 0. The highest BCUT2D eigenvalue weighted by molar-refractivity contribution is 5.09.